The minimum Gasteiger partial charge on any atom is -0.384 e. The highest BCUT2D eigenvalue weighted by Crippen LogP contribution is 2.08. The van der Waals surface area contributed by atoms with Crippen LogP contribution in [-0.2, 0) is 35.1 Å². The third kappa shape index (κ3) is 11.0. The van der Waals surface area contributed by atoms with E-state index in [1.165, 1.54) is 14.0 Å². The van der Waals surface area contributed by atoms with Gasteiger partial charge < -0.3 is 30.9 Å². The Bertz CT molecular complexity index is 970. The molecule has 1 fully saturated rings. The Kier molecular flexibility index (Phi) is 13.4. The van der Waals surface area contributed by atoms with E-state index >= 15 is 0 Å². The van der Waals surface area contributed by atoms with Crippen LogP contribution in [0.4, 0.5) is 0 Å². The fraction of sp³-hybridized carbons (Fsp3) is 0.607. The van der Waals surface area contributed by atoms with E-state index in [9.17, 15) is 24.0 Å². The quantitative estimate of drug-likeness (QED) is 0.410. The first kappa shape index (κ1) is 31.7. The molecule has 1 saturated heterocycles. The number of rotatable bonds is 6. The maximum Gasteiger partial charge on any atom is 0.243 e. The van der Waals surface area contributed by atoms with Crippen LogP contribution in [0.1, 0.15) is 52.0 Å². The van der Waals surface area contributed by atoms with E-state index in [0.29, 0.717) is 32.5 Å². The van der Waals surface area contributed by atoms with Gasteiger partial charge in [0.1, 0.15) is 18.1 Å². The molecule has 39 heavy (non-hydrogen) atoms. The molecular formula is C28H43N5O6. The lowest BCUT2D eigenvalue weighted by molar-refractivity contribution is -0.134. The van der Waals surface area contributed by atoms with Crippen molar-refractivity contribution in [2.45, 2.75) is 71.0 Å². The lowest BCUT2D eigenvalue weighted by Crippen LogP contribution is -2.57. The van der Waals surface area contributed by atoms with Crippen molar-refractivity contribution in [2.24, 2.45) is 5.92 Å². The van der Waals surface area contributed by atoms with Gasteiger partial charge in [-0.3, -0.25) is 24.0 Å². The summed E-state index contributed by atoms with van der Waals surface area (Å²) in [5.41, 5.74) is 0.851. The summed E-state index contributed by atoms with van der Waals surface area (Å²) in [5, 5.41) is 11.0. The van der Waals surface area contributed by atoms with E-state index < -0.39 is 29.9 Å². The van der Waals surface area contributed by atoms with Crippen molar-refractivity contribution in [1.82, 2.24) is 26.2 Å². The number of ether oxygens (including phenoxy) is 1. The lowest BCUT2D eigenvalue weighted by Gasteiger charge is -2.26. The predicted octanol–water partition coefficient (Wildman–Crippen LogP) is 0.525. The second kappa shape index (κ2) is 16.5. The van der Waals surface area contributed by atoms with Gasteiger partial charge >= 0.3 is 0 Å². The van der Waals surface area contributed by atoms with Crippen molar-refractivity contribution < 1.29 is 28.7 Å². The molecule has 0 unspecified atom stereocenters. The lowest BCUT2D eigenvalue weighted by atomic mass is 10.0. The summed E-state index contributed by atoms with van der Waals surface area (Å²) in [7, 11) is 1.53. The molecule has 0 radical (unpaired) electrons. The maximum absolute atomic E-state index is 13.2. The van der Waals surface area contributed by atoms with Gasteiger partial charge in [-0.25, -0.2) is 0 Å². The monoisotopic (exact) mass is 545 g/mol. The van der Waals surface area contributed by atoms with Crippen molar-refractivity contribution in [2.75, 3.05) is 33.4 Å². The molecule has 11 heteroatoms. The largest absolute Gasteiger partial charge is 0.384 e. The van der Waals surface area contributed by atoms with E-state index in [1.54, 1.807) is 4.90 Å². The minimum atomic E-state index is -0.924. The number of carbonyl (C=O) groups is 5. The first-order valence-electron chi connectivity index (χ1n) is 13.6. The summed E-state index contributed by atoms with van der Waals surface area (Å²) in [4.78, 5) is 66.1. The number of methoxy groups -OCH3 is 1. The molecule has 1 aromatic rings. The summed E-state index contributed by atoms with van der Waals surface area (Å²) in [6.07, 6.45) is 1.50. The maximum atomic E-state index is 13.2. The Balaban J connectivity index is 2.24. The standard InChI is InChI=1S/C28H43N5O6/c1-19(2)25-28(38)29-14-9-16-33(24(35)13-17-39-4)15-8-12-23(34)31-22(18-21-10-6-5-7-11-21)27(37)30-20(3)26(36)32-25/h5-7,10-11,19-20,22,25H,8-9,12-18H2,1-4H3,(H,29,38)(H,30,37)(H,31,34)(H,32,36)/t20-,22+,25-/m1/s1. The van der Waals surface area contributed by atoms with Crippen LogP contribution in [0.3, 0.4) is 0 Å². The molecule has 5 amide bonds. The van der Waals surface area contributed by atoms with Crippen LogP contribution in [0.2, 0.25) is 0 Å². The molecule has 0 bridgehead atoms. The molecular weight excluding hydrogens is 502 g/mol. The number of amides is 5. The number of carbonyl (C=O) groups excluding carboxylic acids is 5. The van der Waals surface area contributed by atoms with E-state index in [4.69, 9.17) is 4.74 Å². The molecule has 4 N–H and O–H groups in total. The zero-order valence-electron chi connectivity index (χ0n) is 23.5. The molecule has 1 aromatic carbocycles. The van der Waals surface area contributed by atoms with Crippen LogP contribution in [0.15, 0.2) is 30.3 Å². The molecule has 0 aliphatic carbocycles. The van der Waals surface area contributed by atoms with Gasteiger partial charge in [-0.15, -0.1) is 0 Å². The van der Waals surface area contributed by atoms with Crippen molar-refractivity contribution in [3.8, 4) is 0 Å². The Morgan fingerprint density at radius 1 is 0.974 bits per heavy atom. The number of nitrogens with one attached hydrogen (secondary N) is 4. The first-order chi connectivity index (χ1) is 18.6. The topological polar surface area (TPSA) is 146 Å². The van der Waals surface area contributed by atoms with Crippen LogP contribution >= 0.6 is 0 Å². The van der Waals surface area contributed by atoms with Gasteiger partial charge in [-0.05, 0) is 31.2 Å². The third-order valence-electron chi connectivity index (χ3n) is 6.54. The number of hydrogen-bond donors (Lipinski definition) is 4. The number of hydrogen-bond acceptors (Lipinski definition) is 6. The number of benzene rings is 1. The second-order valence-corrected chi connectivity index (χ2v) is 10.1. The summed E-state index contributed by atoms with van der Waals surface area (Å²) < 4.78 is 5.03. The van der Waals surface area contributed by atoms with Gasteiger partial charge in [0.25, 0.3) is 0 Å². The Hall–Kier alpha value is -3.47. The van der Waals surface area contributed by atoms with Crippen LogP contribution in [-0.4, -0.2) is 85.9 Å². The molecule has 0 aromatic heterocycles. The van der Waals surface area contributed by atoms with Crippen molar-refractivity contribution in [3.05, 3.63) is 35.9 Å². The predicted molar refractivity (Wildman–Crippen MR) is 146 cm³/mol. The van der Waals surface area contributed by atoms with Gasteiger partial charge in [0, 0.05) is 39.6 Å². The van der Waals surface area contributed by atoms with E-state index in [0.717, 1.165) is 5.56 Å². The summed E-state index contributed by atoms with van der Waals surface area (Å²) >= 11 is 0. The van der Waals surface area contributed by atoms with Crippen molar-refractivity contribution in [3.63, 3.8) is 0 Å². The SMILES string of the molecule is COCCC(=O)N1CCCNC(=O)[C@@H](C(C)C)NC(=O)[C@@H](C)NC(=O)[C@H](Cc2ccccc2)NC(=O)CCC1. The molecule has 2 rings (SSSR count). The zero-order chi connectivity index (χ0) is 28.8. The minimum absolute atomic E-state index is 0.0966. The molecule has 3 atom stereocenters. The van der Waals surface area contributed by atoms with Gasteiger partial charge in [0.05, 0.1) is 13.0 Å². The Morgan fingerprint density at radius 3 is 2.33 bits per heavy atom. The molecule has 1 aliphatic rings. The van der Waals surface area contributed by atoms with Gasteiger partial charge in [0.2, 0.25) is 29.5 Å². The fourth-order valence-electron chi connectivity index (χ4n) is 4.25. The van der Waals surface area contributed by atoms with Crippen LogP contribution in [0, 0.1) is 5.92 Å². The van der Waals surface area contributed by atoms with Gasteiger partial charge in [0.15, 0.2) is 0 Å². The smallest absolute Gasteiger partial charge is 0.243 e. The Labute approximate surface area is 230 Å². The molecule has 1 heterocycles. The fourth-order valence-corrected chi connectivity index (χ4v) is 4.25. The van der Waals surface area contributed by atoms with Crippen LogP contribution < -0.4 is 21.3 Å². The highest BCUT2D eigenvalue weighted by Gasteiger charge is 2.29. The van der Waals surface area contributed by atoms with Gasteiger partial charge in [-0.2, -0.15) is 0 Å². The van der Waals surface area contributed by atoms with Gasteiger partial charge in [-0.1, -0.05) is 44.2 Å². The number of nitrogens with zero attached hydrogens (tertiary/aromatic N) is 1. The summed E-state index contributed by atoms with van der Waals surface area (Å²) in [6.45, 7) is 6.55. The average molecular weight is 546 g/mol. The summed E-state index contributed by atoms with van der Waals surface area (Å²) in [6, 6.07) is 6.64. The van der Waals surface area contributed by atoms with Crippen LogP contribution in [0.5, 0.6) is 0 Å². The first-order valence-corrected chi connectivity index (χ1v) is 13.6. The zero-order valence-corrected chi connectivity index (χ0v) is 23.5. The highest BCUT2D eigenvalue weighted by molar-refractivity contribution is 5.94. The average Bonchev–Trinajstić information content (AvgIpc) is 2.90. The highest BCUT2D eigenvalue weighted by atomic mass is 16.5. The second-order valence-electron chi connectivity index (χ2n) is 10.1. The molecule has 216 valence electrons. The van der Waals surface area contributed by atoms with Crippen molar-refractivity contribution in [1.29, 1.82) is 0 Å². The Morgan fingerprint density at radius 2 is 1.67 bits per heavy atom. The molecule has 1 aliphatic heterocycles. The molecule has 0 spiro atoms. The summed E-state index contributed by atoms with van der Waals surface area (Å²) in [5.74, 6) is -1.94. The van der Waals surface area contributed by atoms with E-state index in [2.05, 4.69) is 21.3 Å². The molecule has 11 nitrogen and oxygen atoms in total. The third-order valence-corrected chi connectivity index (χ3v) is 6.54. The van der Waals surface area contributed by atoms with E-state index in [-0.39, 0.29) is 49.5 Å². The van der Waals surface area contributed by atoms with E-state index in [1.807, 2.05) is 44.2 Å². The van der Waals surface area contributed by atoms with Crippen molar-refractivity contribution >= 4 is 29.5 Å². The normalized spacial score (nSPS) is 22.7. The molecule has 0 saturated carbocycles. The van der Waals surface area contributed by atoms with Crippen LogP contribution in [0.25, 0.3) is 0 Å².